The normalized spacial score (nSPS) is 24.9. The lowest BCUT2D eigenvalue weighted by Gasteiger charge is -2.41. The number of likely N-dealkylation sites (tertiary alicyclic amines) is 1. The molecule has 0 bridgehead atoms. The number of hydrogen-bond acceptors (Lipinski definition) is 9. The third-order valence-corrected chi connectivity index (χ3v) is 10.2. The molecule has 3 fully saturated rings. The fraction of sp³-hybridized carbons (Fsp3) is 0.606. The molecule has 47 heavy (non-hydrogen) atoms. The molecule has 14 heteroatoms. The predicted molar refractivity (Wildman–Crippen MR) is 166 cm³/mol. The maximum Gasteiger partial charge on any atom is 0.284 e. The first-order valence-corrected chi connectivity index (χ1v) is 16.6. The van der Waals surface area contributed by atoms with E-state index < -0.39 is 36.1 Å². The molecule has 2 aromatic rings. The Kier molecular flexibility index (Phi) is 9.88. The number of hydrogen-bond donors (Lipinski definition) is 2. The number of nitrogens with one attached hydrogen (secondary N) is 1. The molecule has 1 unspecified atom stereocenters. The average Bonchev–Trinajstić information content (AvgIpc) is 3.58. The van der Waals surface area contributed by atoms with E-state index in [-0.39, 0.29) is 47.5 Å². The van der Waals surface area contributed by atoms with Gasteiger partial charge in [0.2, 0.25) is 11.8 Å². The van der Waals surface area contributed by atoms with E-state index >= 15 is 0 Å². The Balaban J connectivity index is 0.907. The summed E-state index contributed by atoms with van der Waals surface area (Å²) in [6, 6.07) is 4.34. The number of carbonyl (C=O) groups excluding carboxylic acids is 4. The summed E-state index contributed by atoms with van der Waals surface area (Å²) in [6.07, 6.45) is 5.50. The maximum absolute atomic E-state index is 13.2. The first-order valence-electron chi connectivity index (χ1n) is 16.6. The number of amides is 4. The molecular weight excluding hydrogens is 614 g/mol. The average molecular weight is 657 g/mol. The van der Waals surface area contributed by atoms with Crippen LogP contribution < -0.4 is 15.8 Å². The van der Waals surface area contributed by atoms with Gasteiger partial charge in [-0.3, -0.25) is 34.1 Å². The standard InChI is InChI=1S/C33H42F2N6O6/c1-19(20-6-8-21(9-7-20)40-18-24(36)29(38-40)30(34)35)39-14-12-22(13-15-39)46-16-3-17-47-26-5-2-4-23-28(26)33(45)41(32(23)44)25-10-11-27(42)37-31(25)43/h2,4-5,18-22,25,30H,3,6-17,36H2,1H3,(H,37,42,43)/t19-,20-,21-,25?/m1/s1. The highest BCUT2D eigenvalue weighted by atomic mass is 19.3. The number of halogens is 2. The van der Waals surface area contributed by atoms with Gasteiger partial charge in [0.25, 0.3) is 18.2 Å². The fourth-order valence-electron chi connectivity index (χ4n) is 7.47. The smallest absolute Gasteiger partial charge is 0.284 e. The minimum absolute atomic E-state index is 0.0572. The molecule has 0 radical (unpaired) electrons. The number of fused-ring (bicyclic) bond motifs is 1. The lowest BCUT2D eigenvalue weighted by molar-refractivity contribution is -0.136. The number of benzene rings is 1. The SMILES string of the molecule is C[C@H]([C@H]1CC[C@H](n2cc(N)c(C(F)F)n2)CC1)N1CCC(OCCCOc2cccc3c2C(=O)N(C2CCC(=O)NC2=O)C3=O)CC1. The van der Waals surface area contributed by atoms with Crippen molar-refractivity contribution in [1.29, 1.82) is 0 Å². The fourth-order valence-corrected chi connectivity index (χ4v) is 7.47. The zero-order valence-corrected chi connectivity index (χ0v) is 26.5. The van der Waals surface area contributed by atoms with Crippen molar-refractivity contribution in [2.45, 2.75) is 95.4 Å². The van der Waals surface area contributed by atoms with Crippen molar-refractivity contribution < 1.29 is 37.4 Å². The highest BCUT2D eigenvalue weighted by Gasteiger charge is 2.46. The molecule has 1 aliphatic carbocycles. The van der Waals surface area contributed by atoms with Crippen LogP contribution in [0.1, 0.15) is 104 Å². The van der Waals surface area contributed by atoms with E-state index in [1.165, 1.54) is 0 Å². The lowest BCUT2D eigenvalue weighted by Crippen LogP contribution is -2.54. The second kappa shape index (κ2) is 14.1. The van der Waals surface area contributed by atoms with Crippen molar-refractivity contribution in [2.75, 3.05) is 32.0 Å². The van der Waals surface area contributed by atoms with Crippen LogP contribution in [-0.2, 0) is 14.3 Å². The molecular formula is C33H42F2N6O6. The Morgan fingerprint density at radius 2 is 1.74 bits per heavy atom. The largest absolute Gasteiger partial charge is 0.493 e. The number of piperidine rings is 2. The Labute approximate surface area is 271 Å². The van der Waals surface area contributed by atoms with Crippen molar-refractivity contribution in [1.82, 2.24) is 24.9 Å². The summed E-state index contributed by atoms with van der Waals surface area (Å²) in [6.45, 7) is 4.98. The second-order valence-electron chi connectivity index (χ2n) is 13.0. The van der Waals surface area contributed by atoms with Gasteiger partial charge in [-0.25, -0.2) is 8.78 Å². The van der Waals surface area contributed by atoms with E-state index in [2.05, 4.69) is 22.2 Å². The van der Waals surface area contributed by atoms with Crippen molar-refractivity contribution >= 4 is 29.3 Å². The molecule has 4 aliphatic rings. The van der Waals surface area contributed by atoms with Crippen LogP contribution in [0.15, 0.2) is 24.4 Å². The number of rotatable bonds is 11. The monoisotopic (exact) mass is 656 g/mol. The highest BCUT2D eigenvalue weighted by molar-refractivity contribution is 6.24. The molecule has 1 aromatic carbocycles. The Morgan fingerprint density at radius 3 is 2.43 bits per heavy atom. The summed E-state index contributed by atoms with van der Waals surface area (Å²) in [4.78, 5) is 53.6. The Bertz CT molecular complexity index is 1500. The van der Waals surface area contributed by atoms with Gasteiger partial charge in [0.15, 0.2) is 5.69 Å². The van der Waals surface area contributed by atoms with Gasteiger partial charge in [0.05, 0.1) is 42.2 Å². The van der Waals surface area contributed by atoms with E-state index in [1.54, 1.807) is 29.1 Å². The third-order valence-electron chi connectivity index (χ3n) is 10.2. The van der Waals surface area contributed by atoms with Crippen LogP contribution in [0.4, 0.5) is 14.5 Å². The number of alkyl halides is 2. The van der Waals surface area contributed by atoms with E-state index in [0.717, 1.165) is 56.5 Å². The molecule has 2 saturated heterocycles. The Hall–Kier alpha value is -3.91. The van der Waals surface area contributed by atoms with Gasteiger partial charge in [-0.2, -0.15) is 5.10 Å². The molecule has 2 atom stereocenters. The minimum Gasteiger partial charge on any atom is -0.493 e. The van der Waals surface area contributed by atoms with Crippen LogP contribution in [0.5, 0.6) is 5.75 Å². The van der Waals surface area contributed by atoms with E-state index in [4.69, 9.17) is 15.2 Å². The summed E-state index contributed by atoms with van der Waals surface area (Å²) < 4.78 is 39.9. The number of nitrogens with zero attached hydrogens (tertiary/aromatic N) is 4. The van der Waals surface area contributed by atoms with Crippen molar-refractivity contribution in [2.24, 2.45) is 5.92 Å². The van der Waals surface area contributed by atoms with Gasteiger partial charge in [0, 0.05) is 38.2 Å². The number of nitrogen functional groups attached to an aromatic ring is 1. The maximum atomic E-state index is 13.2. The molecule has 0 spiro atoms. The number of aromatic nitrogens is 2. The third kappa shape index (κ3) is 6.89. The summed E-state index contributed by atoms with van der Waals surface area (Å²) >= 11 is 0. The van der Waals surface area contributed by atoms with Gasteiger partial charge in [-0.05, 0) is 69.9 Å². The van der Waals surface area contributed by atoms with Gasteiger partial charge in [-0.1, -0.05) is 6.07 Å². The van der Waals surface area contributed by atoms with Gasteiger partial charge in [0.1, 0.15) is 11.8 Å². The molecule has 1 saturated carbocycles. The van der Waals surface area contributed by atoms with Crippen molar-refractivity contribution in [3.63, 3.8) is 0 Å². The summed E-state index contributed by atoms with van der Waals surface area (Å²) in [5.41, 5.74) is 5.80. The van der Waals surface area contributed by atoms with Gasteiger partial charge >= 0.3 is 0 Å². The van der Waals surface area contributed by atoms with Gasteiger partial charge < -0.3 is 20.1 Å². The first kappa shape index (κ1) is 33.0. The number of anilines is 1. The van der Waals surface area contributed by atoms with Crippen LogP contribution in [0.3, 0.4) is 0 Å². The van der Waals surface area contributed by atoms with Crippen molar-refractivity contribution in [3.8, 4) is 5.75 Å². The molecule has 4 heterocycles. The van der Waals surface area contributed by atoms with E-state index in [1.807, 2.05) is 0 Å². The molecule has 3 N–H and O–H groups in total. The van der Waals surface area contributed by atoms with E-state index in [9.17, 15) is 28.0 Å². The summed E-state index contributed by atoms with van der Waals surface area (Å²) in [5, 5.41) is 6.26. The van der Waals surface area contributed by atoms with Crippen LogP contribution >= 0.6 is 0 Å². The van der Waals surface area contributed by atoms with Crippen LogP contribution in [0.2, 0.25) is 0 Å². The Morgan fingerprint density at radius 1 is 1.00 bits per heavy atom. The topological polar surface area (TPSA) is 149 Å². The zero-order valence-electron chi connectivity index (χ0n) is 26.5. The van der Waals surface area contributed by atoms with Crippen LogP contribution in [-0.4, -0.2) is 87.7 Å². The van der Waals surface area contributed by atoms with Crippen LogP contribution in [0, 0.1) is 5.92 Å². The minimum atomic E-state index is -2.66. The number of carbonyl (C=O) groups is 4. The first-order chi connectivity index (χ1) is 22.6. The van der Waals surface area contributed by atoms with Crippen LogP contribution in [0.25, 0.3) is 0 Å². The molecule has 1 aromatic heterocycles. The van der Waals surface area contributed by atoms with Crippen molar-refractivity contribution in [3.05, 3.63) is 41.2 Å². The van der Waals surface area contributed by atoms with Gasteiger partial charge in [-0.15, -0.1) is 0 Å². The molecule has 12 nitrogen and oxygen atoms in total. The highest BCUT2D eigenvalue weighted by Crippen LogP contribution is 2.37. The summed E-state index contributed by atoms with van der Waals surface area (Å²) in [7, 11) is 0. The number of nitrogens with two attached hydrogens (primary N) is 1. The molecule has 4 amide bonds. The predicted octanol–water partition coefficient (Wildman–Crippen LogP) is 3.87. The number of imide groups is 2. The van der Waals surface area contributed by atoms with E-state index in [0.29, 0.717) is 37.3 Å². The molecule has 6 rings (SSSR count). The zero-order chi connectivity index (χ0) is 33.2. The second-order valence-corrected chi connectivity index (χ2v) is 13.0. The number of ether oxygens (including phenoxy) is 2. The quantitative estimate of drug-likeness (QED) is 0.272. The summed E-state index contributed by atoms with van der Waals surface area (Å²) in [5.74, 6) is -1.39. The molecule has 254 valence electrons. The lowest BCUT2D eigenvalue weighted by atomic mass is 9.81. The molecule has 3 aliphatic heterocycles.